The molecule has 1 aromatic carbocycles. The monoisotopic (exact) mass is 395 g/mol. The smallest absolute Gasteiger partial charge is 0.258 e. The highest BCUT2D eigenvalue weighted by molar-refractivity contribution is 7.99. The lowest BCUT2D eigenvalue weighted by Gasteiger charge is -2.08. The molecule has 3 aromatic rings. The van der Waals surface area contributed by atoms with Gasteiger partial charge in [0.05, 0.1) is 29.3 Å². The van der Waals surface area contributed by atoms with Crippen LogP contribution < -0.4 is 15.6 Å². The van der Waals surface area contributed by atoms with Crippen molar-refractivity contribution in [3.05, 3.63) is 56.9 Å². The lowest BCUT2D eigenvalue weighted by molar-refractivity contribution is -0.113. The highest BCUT2D eigenvalue weighted by Crippen LogP contribution is 2.26. The fourth-order valence-electron chi connectivity index (χ4n) is 2.12. The Labute approximate surface area is 156 Å². The molecule has 0 spiro atoms. The molecule has 2 heterocycles. The summed E-state index contributed by atoms with van der Waals surface area (Å²) in [5.74, 6) is 1.16. The van der Waals surface area contributed by atoms with Crippen LogP contribution >= 0.6 is 34.7 Å². The van der Waals surface area contributed by atoms with Crippen molar-refractivity contribution in [2.24, 2.45) is 0 Å². The lowest BCUT2D eigenvalue weighted by Crippen LogP contribution is -2.15. The first-order valence-electron chi connectivity index (χ1n) is 7.24. The van der Waals surface area contributed by atoms with E-state index >= 15 is 0 Å². The minimum absolute atomic E-state index is 0.115. The van der Waals surface area contributed by atoms with E-state index in [9.17, 15) is 9.59 Å². The fraction of sp³-hybridized carbons (Fsp3) is 0.188. The van der Waals surface area contributed by atoms with Crippen molar-refractivity contribution in [3.8, 4) is 5.75 Å². The number of amides is 1. The number of methoxy groups -OCH3 is 1. The van der Waals surface area contributed by atoms with Gasteiger partial charge in [-0.3, -0.25) is 14.0 Å². The van der Waals surface area contributed by atoms with Gasteiger partial charge in [-0.2, -0.15) is 0 Å². The molecule has 25 heavy (non-hydrogen) atoms. The van der Waals surface area contributed by atoms with Crippen LogP contribution in [-0.2, 0) is 10.5 Å². The van der Waals surface area contributed by atoms with E-state index in [1.165, 1.54) is 33.6 Å². The number of nitrogens with one attached hydrogen (secondary N) is 1. The van der Waals surface area contributed by atoms with Gasteiger partial charge in [-0.05, 0) is 12.1 Å². The van der Waals surface area contributed by atoms with Gasteiger partial charge in [0.2, 0.25) is 5.91 Å². The number of carbonyl (C=O) groups excluding carboxylic acids is 1. The third-order valence-electron chi connectivity index (χ3n) is 3.29. The van der Waals surface area contributed by atoms with Crippen molar-refractivity contribution >= 4 is 51.3 Å². The lowest BCUT2D eigenvalue weighted by atomic mass is 10.3. The third-order valence-corrected chi connectivity index (χ3v) is 5.33. The van der Waals surface area contributed by atoms with Crippen molar-refractivity contribution in [2.75, 3.05) is 18.2 Å². The van der Waals surface area contributed by atoms with E-state index in [-0.39, 0.29) is 17.2 Å². The van der Waals surface area contributed by atoms with Crippen LogP contribution in [0.3, 0.4) is 0 Å². The molecule has 0 unspecified atom stereocenters. The van der Waals surface area contributed by atoms with E-state index in [1.54, 1.807) is 31.5 Å². The molecule has 0 atom stereocenters. The quantitative estimate of drug-likeness (QED) is 0.693. The van der Waals surface area contributed by atoms with Gasteiger partial charge in [-0.1, -0.05) is 11.6 Å². The molecule has 3 rings (SSSR count). The second-order valence-corrected chi connectivity index (χ2v) is 7.29. The summed E-state index contributed by atoms with van der Waals surface area (Å²) in [7, 11) is 1.55. The fourth-order valence-corrected chi connectivity index (χ4v) is 3.79. The first-order chi connectivity index (χ1) is 12.1. The number of thioether (sulfide) groups is 1. The molecule has 0 bridgehead atoms. The van der Waals surface area contributed by atoms with Gasteiger partial charge in [0.15, 0.2) is 4.96 Å². The molecule has 0 saturated heterocycles. The Bertz CT molecular complexity index is 971. The predicted octanol–water partition coefficient (Wildman–Crippen LogP) is 3.29. The minimum atomic E-state index is -0.175. The SMILES string of the molecule is COc1ccc(NC(=O)CSCc2cc(=O)n3ccsc3n2)c(Cl)c1. The number of hydrogen-bond acceptors (Lipinski definition) is 6. The Balaban J connectivity index is 1.56. The molecule has 9 heteroatoms. The van der Waals surface area contributed by atoms with Crippen LogP contribution in [0, 0.1) is 0 Å². The minimum Gasteiger partial charge on any atom is -0.497 e. The number of aromatic nitrogens is 2. The number of anilines is 1. The molecule has 1 N–H and O–H groups in total. The topological polar surface area (TPSA) is 72.7 Å². The van der Waals surface area contributed by atoms with Crippen molar-refractivity contribution in [2.45, 2.75) is 5.75 Å². The molecule has 6 nitrogen and oxygen atoms in total. The van der Waals surface area contributed by atoms with E-state index < -0.39 is 0 Å². The molecule has 0 saturated carbocycles. The van der Waals surface area contributed by atoms with Gasteiger partial charge in [0.1, 0.15) is 5.75 Å². The predicted molar refractivity (Wildman–Crippen MR) is 102 cm³/mol. The number of hydrogen-bond donors (Lipinski definition) is 1. The molecule has 0 fully saturated rings. The Hall–Kier alpha value is -2.03. The molecule has 130 valence electrons. The maximum Gasteiger partial charge on any atom is 0.258 e. The number of nitrogens with zero attached hydrogens (tertiary/aromatic N) is 2. The second kappa shape index (κ2) is 7.90. The summed E-state index contributed by atoms with van der Waals surface area (Å²) >= 11 is 8.88. The van der Waals surface area contributed by atoms with Crippen LogP contribution in [0.2, 0.25) is 5.02 Å². The molecule has 1 amide bonds. The first kappa shape index (κ1) is 17.8. The van der Waals surface area contributed by atoms with Crippen LogP contribution in [-0.4, -0.2) is 28.2 Å². The third kappa shape index (κ3) is 4.33. The average molecular weight is 396 g/mol. The Morgan fingerprint density at radius 1 is 1.44 bits per heavy atom. The van der Waals surface area contributed by atoms with Gasteiger partial charge < -0.3 is 10.1 Å². The van der Waals surface area contributed by atoms with E-state index in [1.807, 2.05) is 5.38 Å². The summed E-state index contributed by atoms with van der Waals surface area (Å²) in [6.45, 7) is 0. The van der Waals surface area contributed by atoms with Crippen LogP contribution in [0.4, 0.5) is 5.69 Å². The Kier molecular flexibility index (Phi) is 5.62. The van der Waals surface area contributed by atoms with Crippen molar-refractivity contribution in [1.82, 2.24) is 9.38 Å². The van der Waals surface area contributed by atoms with Crippen LogP contribution in [0.5, 0.6) is 5.75 Å². The van der Waals surface area contributed by atoms with Gasteiger partial charge in [-0.25, -0.2) is 4.98 Å². The zero-order valence-corrected chi connectivity index (χ0v) is 15.6. The standard InChI is InChI=1S/C16H14ClN3O3S2/c1-23-11-2-3-13(12(17)7-11)19-14(21)9-24-8-10-6-15(22)20-4-5-25-16(20)18-10/h2-7H,8-9H2,1H3,(H,19,21). The summed E-state index contributed by atoms with van der Waals surface area (Å²) < 4.78 is 6.57. The largest absolute Gasteiger partial charge is 0.497 e. The van der Waals surface area contributed by atoms with Gasteiger partial charge in [0, 0.05) is 29.5 Å². The highest BCUT2D eigenvalue weighted by Gasteiger charge is 2.09. The number of ether oxygens (including phenoxy) is 1. The van der Waals surface area contributed by atoms with E-state index in [0.29, 0.717) is 32.9 Å². The van der Waals surface area contributed by atoms with Crippen LogP contribution in [0.1, 0.15) is 5.69 Å². The number of rotatable bonds is 6. The van der Waals surface area contributed by atoms with Crippen molar-refractivity contribution in [3.63, 3.8) is 0 Å². The summed E-state index contributed by atoms with van der Waals surface area (Å²) in [6.07, 6.45) is 1.69. The molecule has 2 aromatic heterocycles. The number of halogens is 1. The molecular formula is C16H14ClN3O3S2. The zero-order valence-electron chi connectivity index (χ0n) is 13.2. The molecular weight excluding hydrogens is 382 g/mol. The average Bonchev–Trinajstić information content (AvgIpc) is 3.06. The van der Waals surface area contributed by atoms with E-state index in [2.05, 4.69) is 10.3 Å². The summed E-state index contributed by atoms with van der Waals surface area (Å²) in [5, 5.41) is 4.98. The molecule has 0 aliphatic heterocycles. The number of thiazole rings is 1. The zero-order chi connectivity index (χ0) is 17.8. The molecule has 0 aliphatic carbocycles. The van der Waals surface area contributed by atoms with Crippen molar-refractivity contribution in [1.29, 1.82) is 0 Å². The van der Waals surface area contributed by atoms with E-state index in [4.69, 9.17) is 16.3 Å². The summed E-state index contributed by atoms with van der Waals surface area (Å²) in [4.78, 5) is 29.0. The Morgan fingerprint density at radius 3 is 3.04 bits per heavy atom. The van der Waals surface area contributed by atoms with Gasteiger partial charge in [-0.15, -0.1) is 23.1 Å². The first-order valence-corrected chi connectivity index (χ1v) is 9.65. The van der Waals surface area contributed by atoms with Gasteiger partial charge in [0.25, 0.3) is 5.56 Å². The highest BCUT2D eigenvalue weighted by atomic mass is 35.5. The normalized spacial score (nSPS) is 10.8. The second-order valence-electron chi connectivity index (χ2n) is 5.03. The summed E-state index contributed by atoms with van der Waals surface area (Å²) in [6, 6.07) is 6.54. The van der Waals surface area contributed by atoms with Crippen LogP contribution in [0.25, 0.3) is 4.96 Å². The number of fused-ring (bicyclic) bond motifs is 1. The van der Waals surface area contributed by atoms with Crippen LogP contribution in [0.15, 0.2) is 40.6 Å². The summed E-state index contributed by atoms with van der Waals surface area (Å²) in [5.41, 5.74) is 1.08. The van der Waals surface area contributed by atoms with Gasteiger partial charge >= 0.3 is 0 Å². The number of benzene rings is 1. The molecule has 0 radical (unpaired) electrons. The van der Waals surface area contributed by atoms with Crippen molar-refractivity contribution < 1.29 is 9.53 Å². The maximum atomic E-state index is 12.0. The van der Waals surface area contributed by atoms with E-state index in [0.717, 1.165) is 0 Å². The maximum absolute atomic E-state index is 12.0. The number of carbonyl (C=O) groups is 1. The molecule has 0 aliphatic rings. The Morgan fingerprint density at radius 2 is 2.28 bits per heavy atom.